The predicted octanol–water partition coefficient (Wildman–Crippen LogP) is 2.52. The number of likely N-dealkylation sites (N-methyl/N-ethyl adjacent to an activating group) is 1. The fourth-order valence-electron chi connectivity index (χ4n) is 3.79. The van der Waals surface area contributed by atoms with Crippen molar-refractivity contribution in [3.05, 3.63) is 50.1 Å². The molecule has 0 spiro atoms. The highest BCUT2D eigenvalue weighted by atomic mass is 35.5. The molecule has 4 rings (SSSR count). The van der Waals surface area contributed by atoms with Crippen LogP contribution < -0.4 is 15.4 Å². The number of nitrogens with zero attached hydrogens (tertiary/aromatic N) is 3. The summed E-state index contributed by atoms with van der Waals surface area (Å²) in [5.74, 6) is 0.708. The van der Waals surface area contributed by atoms with Gasteiger partial charge in [0.05, 0.1) is 29.5 Å². The molecule has 7 heteroatoms. The van der Waals surface area contributed by atoms with Crippen LogP contribution in [0.2, 0.25) is 5.02 Å². The number of rotatable bonds is 4. The first-order valence-corrected chi connectivity index (χ1v) is 10.6. The molecule has 1 N–H and O–H groups in total. The van der Waals surface area contributed by atoms with Gasteiger partial charge >= 0.3 is 0 Å². The van der Waals surface area contributed by atoms with E-state index in [0.29, 0.717) is 11.0 Å². The Hall–Kier alpha value is -1.89. The van der Waals surface area contributed by atoms with Crippen LogP contribution in [0.4, 0.5) is 5.95 Å². The molecule has 1 unspecified atom stereocenters. The van der Waals surface area contributed by atoms with Gasteiger partial charge in [-0.15, -0.1) is 11.3 Å². The molecular formula is C20H24ClN4OS+. The van der Waals surface area contributed by atoms with Gasteiger partial charge in [-0.05, 0) is 43.7 Å². The Morgan fingerprint density at radius 2 is 1.96 bits per heavy atom. The molecule has 1 aromatic carbocycles. The van der Waals surface area contributed by atoms with Crippen LogP contribution in [-0.4, -0.2) is 36.2 Å². The predicted molar refractivity (Wildman–Crippen MR) is 113 cm³/mol. The summed E-state index contributed by atoms with van der Waals surface area (Å²) in [4.78, 5) is 24.4. The van der Waals surface area contributed by atoms with Gasteiger partial charge in [-0.1, -0.05) is 11.6 Å². The zero-order valence-corrected chi connectivity index (χ0v) is 17.5. The third-order valence-electron chi connectivity index (χ3n) is 5.29. The van der Waals surface area contributed by atoms with E-state index in [4.69, 9.17) is 16.6 Å². The van der Waals surface area contributed by atoms with Crippen molar-refractivity contribution in [2.75, 3.05) is 31.6 Å². The normalized spacial score (nSPS) is 16.5. The van der Waals surface area contributed by atoms with E-state index in [1.54, 1.807) is 15.9 Å². The minimum absolute atomic E-state index is 0.0290. The molecule has 0 fully saturated rings. The Morgan fingerprint density at radius 3 is 2.63 bits per heavy atom. The maximum absolute atomic E-state index is 13.6. The number of anilines is 1. The van der Waals surface area contributed by atoms with Crippen LogP contribution in [-0.2, 0) is 13.0 Å². The van der Waals surface area contributed by atoms with Gasteiger partial charge in [0.2, 0.25) is 5.95 Å². The second-order valence-corrected chi connectivity index (χ2v) is 8.54. The summed E-state index contributed by atoms with van der Waals surface area (Å²) in [5.41, 5.74) is 2.03. The molecule has 1 aliphatic rings. The maximum Gasteiger partial charge on any atom is 0.268 e. The van der Waals surface area contributed by atoms with Crippen LogP contribution in [0.3, 0.4) is 0 Å². The van der Waals surface area contributed by atoms with E-state index in [9.17, 15) is 4.79 Å². The highest BCUT2D eigenvalue weighted by Crippen LogP contribution is 2.31. The largest absolute Gasteiger partial charge is 0.342 e. The Morgan fingerprint density at radius 1 is 1.26 bits per heavy atom. The van der Waals surface area contributed by atoms with Crippen LogP contribution in [0.5, 0.6) is 0 Å². The molecule has 142 valence electrons. The lowest BCUT2D eigenvalue weighted by Gasteiger charge is -2.24. The van der Waals surface area contributed by atoms with Crippen molar-refractivity contribution in [1.82, 2.24) is 9.55 Å². The van der Waals surface area contributed by atoms with Gasteiger partial charge < -0.3 is 9.80 Å². The lowest BCUT2D eigenvalue weighted by atomic mass is 10.1. The highest BCUT2D eigenvalue weighted by molar-refractivity contribution is 7.18. The average molecular weight is 404 g/mol. The van der Waals surface area contributed by atoms with Crippen molar-refractivity contribution in [2.45, 2.75) is 26.8 Å². The topological polar surface area (TPSA) is 42.6 Å². The van der Waals surface area contributed by atoms with Crippen molar-refractivity contribution in [3.8, 4) is 5.69 Å². The van der Waals surface area contributed by atoms with Gasteiger partial charge in [0, 0.05) is 24.5 Å². The standard InChI is InChI=1S/C20H23ClN4OS/c1-4-24(5-2)20-22-18-17(15-10-11-23(3)12-16(15)27-18)19(26)25(20)14-8-6-13(21)7-9-14/h6-9H,4-5,10-12H2,1-3H3/p+1. The first-order valence-electron chi connectivity index (χ1n) is 9.43. The number of nitrogens with one attached hydrogen (secondary N) is 1. The molecule has 0 amide bonds. The average Bonchev–Trinajstić information content (AvgIpc) is 3.01. The molecule has 5 nitrogen and oxygen atoms in total. The molecule has 1 atom stereocenters. The summed E-state index contributed by atoms with van der Waals surface area (Å²) in [7, 11) is 2.20. The maximum atomic E-state index is 13.6. The molecule has 0 radical (unpaired) electrons. The fourth-order valence-corrected chi connectivity index (χ4v) is 5.24. The van der Waals surface area contributed by atoms with Crippen molar-refractivity contribution in [1.29, 1.82) is 0 Å². The van der Waals surface area contributed by atoms with Crippen molar-refractivity contribution >= 4 is 39.1 Å². The van der Waals surface area contributed by atoms with E-state index in [2.05, 4.69) is 25.8 Å². The molecule has 2 aromatic heterocycles. The van der Waals surface area contributed by atoms with Gasteiger partial charge in [-0.3, -0.25) is 4.79 Å². The monoisotopic (exact) mass is 403 g/mol. The summed E-state index contributed by atoms with van der Waals surface area (Å²) in [5, 5.41) is 1.46. The molecule has 0 bridgehead atoms. The zero-order valence-electron chi connectivity index (χ0n) is 15.9. The van der Waals surface area contributed by atoms with Gasteiger partial charge in [0.1, 0.15) is 11.4 Å². The Labute approximate surface area is 167 Å². The van der Waals surface area contributed by atoms with E-state index in [1.807, 2.05) is 24.3 Å². The van der Waals surface area contributed by atoms with E-state index >= 15 is 0 Å². The van der Waals surface area contributed by atoms with Gasteiger partial charge in [0.15, 0.2) is 0 Å². The van der Waals surface area contributed by atoms with E-state index in [-0.39, 0.29) is 5.56 Å². The summed E-state index contributed by atoms with van der Waals surface area (Å²) in [6, 6.07) is 7.42. The number of benzene rings is 1. The molecule has 1 aliphatic heterocycles. The third kappa shape index (κ3) is 3.16. The van der Waals surface area contributed by atoms with E-state index < -0.39 is 0 Å². The minimum atomic E-state index is 0.0290. The number of fused-ring (bicyclic) bond motifs is 3. The zero-order chi connectivity index (χ0) is 19.1. The first kappa shape index (κ1) is 18.5. The van der Waals surface area contributed by atoms with Crippen LogP contribution in [0, 0.1) is 0 Å². The molecular weight excluding hydrogens is 380 g/mol. The fraction of sp³-hybridized carbons (Fsp3) is 0.400. The Kier molecular flexibility index (Phi) is 4.97. The molecule has 3 heterocycles. The molecule has 3 aromatic rings. The number of aromatic nitrogens is 2. The molecule has 27 heavy (non-hydrogen) atoms. The van der Waals surface area contributed by atoms with E-state index in [0.717, 1.165) is 48.5 Å². The van der Waals surface area contributed by atoms with Gasteiger partial charge in [0.25, 0.3) is 5.56 Å². The minimum Gasteiger partial charge on any atom is -0.342 e. The van der Waals surface area contributed by atoms with Crippen LogP contribution in [0.25, 0.3) is 15.9 Å². The molecule has 0 saturated heterocycles. The highest BCUT2D eigenvalue weighted by Gasteiger charge is 2.27. The summed E-state index contributed by atoms with van der Waals surface area (Å²) in [6.07, 6.45) is 0.934. The van der Waals surface area contributed by atoms with Crippen LogP contribution >= 0.6 is 22.9 Å². The van der Waals surface area contributed by atoms with Gasteiger partial charge in [-0.25, -0.2) is 9.55 Å². The number of quaternary nitrogens is 1. The molecule has 0 saturated carbocycles. The quantitative estimate of drug-likeness (QED) is 0.727. The second-order valence-electron chi connectivity index (χ2n) is 7.02. The lowest BCUT2D eigenvalue weighted by molar-refractivity contribution is -0.895. The SMILES string of the molecule is CCN(CC)c1nc2sc3c(c2c(=O)n1-c1ccc(Cl)cc1)CC[NH+](C)C3. The summed E-state index contributed by atoms with van der Waals surface area (Å²) >= 11 is 7.75. The summed E-state index contributed by atoms with van der Waals surface area (Å²) in [6.45, 7) is 7.78. The van der Waals surface area contributed by atoms with Crippen LogP contribution in [0.1, 0.15) is 24.3 Å². The Balaban J connectivity index is 2.03. The first-order chi connectivity index (χ1) is 13.0. The van der Waals surface area contributed by atoms with Crippen LogP contribution in [0.15, 0.2) is 29.1 Å². The van der Waals surface area contributed by atoms with Crippen molar-refractivity contribution < 1.29 is 4.90 Å². The number of hydrogen-bond acceptors (Lipinski definition) is 4. The second kappa shape index (κ2) is 7.26. The van der Waals surface area contributed by atoms with Crippen molar-refractivity contribution in [3.63, 3.8) is 0 Å². The summed E-state index contributed by atoms with van der Waals surface area (Å²) < 4.78 is 1.75. The smallest absolute Gasteiger partial charge is 0.268 e. The third-order valence-corrected chi connectivity index (χ3v) is 6.66. The number of halogens is 1. The van der Waals surface area contributed by atoms with Crippen molar-refractivity contribution in [2.24, 2.45) is 0 Å². The lowest BCUT2D eigenvalue weighted by Crippen LogP contribution is -3.08. The number of hydrogen-bond donors (Lipinski definition) is 1. The molecule has 0 aliphatic carbocycles. The van der Waals surface area contributed by atoms with Gasteiger partial charge in [-0.2, -0.15) is 0 Å². The number of thiophene rings is 1. The Bertz CT molecular complexity index is 1040. The van der Waals surface area contributed by atoms with E-state index in [1.165, 1.54) is 15.3 Å².